The summed E-state index contributed by atoms with van der Waals surface area (Å²) in [4.78, 5) is 61.9. The van der Waals surface area contributed by atoms with Crippen LogP contribution in [0.4, 0.5) is 11.5 Å². The minimum Gasteiger partial charge on any atom is -0.504 e. The average Bonchev–Trinajstić information content (AvgIpc) is 3.83. The number of hydrogen-bond donors (Lipinski definition) is 1. The summed E-state index contributed by atoms with van der Waals surface area (Å²) >= 11 is 14.0. The normalized spacial score (nSPS) is 26.1. The van der Waals surface area contributed by atoms with E-state index in [1.807, 2.05) is 45.0 Å². The van der Waals surface area contributed by atoms with Crippen LogP contribution in [-0.4, -0.2) is 45.1 Å². The Hall–Kier alpha value is -4.97. The van der Waals surface area contributed by atoms with Crippen molar-refractivity contribution in [2.75, 3.05) is 16.4 Å². The molecule has 2 aromatic heterocycles. The molecular formula is C42H36Cl2N4O6S. The summed E-state index contributed by atoms with van der Waals surface area (Å²) in [6, 6.07) is 19.1. The van der Waals surface area contributed by atoms with Crippen molar-refractivity contribution in [1.29, 1.82) is 0 Å². The fourth-order valence-corrected chi connectivity index (χ4v) is 11.1. The van der Waals surface area contributed by atoms with Crippen LogP contribution in [-0.2, 0) is 26.2 Å². The molecule has 1 N–H and O–H groups in total. The molecular weight excluding hydrogens is 759 g/mol. The SMILES string of the molecule is CCOc1cc(C2C3=CCC4C(=O)N(c5ccc(Cl)cc5)C(=O)C4C3CC3C(=O)N(c4cc(-c5sc6ccc(Cl)cc6c5C)nn4C)C(=O)C32C)ccc1O. The number of carbonyl (C=O) groups excluding carboxylic acids is 4. The lowest BCUT2D eigenvalue weighted by atomic mass is 9.51. The number of imide groups is 2. The second kappa shape index (κ2) is 12.8. The van der Waals surface area contributed by atoms with Gasteiger partial charge in [-0.25, -0.2) is 4.90 Å². The summed E-state index contributed by atoms with van der Waals surface area (Å²) < 4.78 is 8.40. The van der Waals surface area contributed by atoms with Gasteiger partial charge in [-0.15, -0.1) is 11.3 Å². The zero-order chi connectivity index (χ0) is 38.7. The van der Waals surface area contributed by atoms with E-state index in [9.17, 15) is 19.5 Å². The summed E-state index contributed by atoms with van der Waals surface area (Å²) in [6.07, 6.45) is 2.50. The Morgan fingerprint density at radius 1 is 0.927 bits per heavy atom. The van der Waals surface area contributed by atoms with Crippen LogP contribution in [0.2, 0.25) is 10.0 Å². The van der Waals surface area contributed by atoms with Crippen LogP contribution >= 0.6 is 34.5 Å². The first-order chi connectivity index (χ1) is 26.3. The van der Waals surface area contributed by atoms with Gasteiger partial charge < -0.3 is 9.84 Å². The number of halogens is 2. The maximum absolute atomic E-state index is 15.2. The molecule has 0 radical (unpaired) electrons. The van der Waals surface area contributed by atoms with E-state index < -0.39 is 35.0 Å². The van der Waals surface area contributed by atoms with Gasteiger partial charge in [0.15, 0.2) is 11.5 Å². The quantitative estimate of drug-likeness (QED) is 0.135. The molecule has 4 amide bonds. The molecule has 13 heteroatoms. The summed E-state index contributed by atoms with van der Waals surface area (Å²) in [5.74, 6) is -4.23. The average molecular weight is 796 g/mol. The topological polar surface area (TPSA) is 122 Å². The van der Waals surface area contributed by atoms with Crippen LogP contribution < -0.4 is 14.5 Å². The Labute approximate surface area is 330 Å². The molecule has 4 heterocycles. The molecule has 280 valence electrons. The van der Waals surface area contributed by atoms with Crippen molar-refractivity contribution in [2.24, 2.45) is 36.1 Å². The van der Waals surface area contributed by atoms with Crippen molar-refractivity contribution in [3.63, 3.8) is 0 Å². The number of phenolic OH excluding ortho intramolecular Hbond substituents is 1. The summed E-state index contributed by atoms with van der Waals surface area (Å²) in [5, 5.41) is 17.6. The van der Waals surface area contributed by atoms with Crippen molar-refractivity contribution >= 4 is 79.8 Å². The van der Waals surface area contributed by atoms with Crippen LogP contribution in [0.1, 0.15) is 43.7 Å². The monoisotopic (exact) mass is 794 g/mol. The van der Waals surface area contributed by atoms with Gasteiger partial charge in [0.1, 0.15) is 11.5 Å². The first-order valence-corrected chi connectivity index (χ1v) is 19.8. The van der Waals surface area contributed by atoms with Gasteiger partial charge in [0.25, 0.3) is 0 Å². The number of nitrogens with zero attached hydrogens (tertiary/aromatic N) is 4. The first-order valence-electron chi connectivity index (χ1n) is 18.2. The fraction of sp³-hybridized carbons (Fsp3) is 0.310. The van der Waals surface area contributed by atoms with Crippen LogP contribution in [0.25, 0.3) is 20.7 Å². The largest absolute Gasteiger partial charge is 0.504 e. The Kier molecular flexibility index (Phi) is 8.31. The molecule has 5 aromatic rings. The zero-order valence-electron chi connectivity index (χ0n) is 30.4. The third-order valence-electron chi connectivity index (χ3n) is 12.2. The number of aromatic hydroxyl groups is 1. The highest BCUT2D eigenvalue weighted by molar-refractivity contribution is 7.22. The summed E-state index contributed by atoms with van der Waals surface area (Å²) in [7, 11) is 1.72. The molecule has 2 saturated heterocycles. The summed E-state index contributed by atoms with van der Waals surface area (Å²) in [6.45, 7) is 5.95. The number of ether oxygens (including phenoxy) is 1. The van der Waals surface area contributed by atoms with Crippen molar-refractivity contribution in [3.05, 3.63) is 99.6 Å². The highest BCUT2D eigenvalue weighted by atomic mass is 35.5. The van der Waals surface area contributed by atoms with Crippen LogP contribution in [0, 0.1) is 36.0 Å². The number of amides is 4. The number of carbonyl (C=O) groups is 4. The molecule has 55 heavy (non-hydrogen) atoms. The number of rotatable bonds is 6. The Bertz CT molecular complexity index is 2530. The molecule has 4 aliphatic rings. The van der Waals surface area contributed by atoms with Crippen molar-refractivity contribution < 1.29 is 29.0 Å². The number of thiophene rings is 1. The number of benzene rings is 3. The van der Waals surface area contributed by atoms with Gasteiger partial charge in [0, 0.05) is 33.8 Å². The van der Waals surface area contributed by atoms with E-state index in [4.69, 9.17) is 33.0 Å². The third kappa shape index (κ3) is 5.16. The maximum Gasteiger partial charge on any atom is 0.242 e. The third-order valence-corrected chi connectivity index (χ3v) is 14.0. The second-order valence-corrected chi connectivity index (χ2v) is 16.9. The van der Waals surface area contributed by atoms with Crippen LogP contribution in [0.15, 0.2) is 78.4 Å². The Balaban J connectivity index is 1.16. The standard InChI is InChI=1S/C42H36Cl2N4O6S/c1-5-54-32-16-21(6-14-31(32)49)36-25-12-13-26-35(40(52)47(38(26)50)24-10-7-22(43)8-11-24)28(25)18-29-39(51)48(41(53)42(29,36)3)34-19-30(45-46(34)4)37-20(2)27-17-23(44)9-15-33(27)55-37/h6-12,14-17,19,26,28-29,35-36,49H,5,13,18H2,1-4H3. The van der Waals surface area contributed by atoms with E-state index in [2.05, 4.69) is 0 Å². The molecule has 1 saturated carbocycles. The molecule has 3 fully saturated rings. The lowest BCUT2D eigenvalue weighted by molar-refractivity contribution is -0.131. The van der Waals surface area contributed by atoms with Crippen molar-refractivity contribution in [3.8, 4) is 22.1 Å². The van der Waals surface area contributed by atoms with E-state index in [-0.39, 0.29) is 41.5 Å². The number of aryl methyl sites for hydroxylation is 2. The van der Waals surface area contributed by atoms with Crippen LogP contribution in [0.3, 0.4) is 0 Å². The van der Waals surface area contributed by atoms with E-state index in [1.54, 1.807) is 65.5 Å². The lowest BCUT2D eigenvalue weighted by Gasteiger charge is -2.49. The molecule has 10 nitrogen and oxygen atoms in total. The van der Waals surface area contributed by atoms with Gasteiger partial charge in [0.2, 0.25) is 23.6 Å². The van der Waals surface area contributed by atoms with E-state index in [0.717, 1.165) is 26.1 Å². The summed E-state index contributed by atoms with van der Waals surface area (Å²) in [5.41, 5.74) is 2.28. The highest BCUT2D eigenvalue weighted by Crippen LogP contribution is 2.64. The number of allylic oxidation sites excluding steroid dienone is 2. The predicted molar refractivity (Wildman–Crippen MR) is 212 cm³/mol. The van der Waals surface area contributed by atoms with Crippen LogP contribution in [0.5, 0.6) is 11.5 Å². The molecule has 6 atom stereocenters. The molecule has 0 spiro atoms. The molecule has 6 unspecified atom stereocenters. The first kappa shape index (κ1) is 35.7. The minimum absolute atomic E-state index is 0.0517. The number of phenols is 1. The fourth-order valence-electron chi connectivity index (χ4n) is 9.66. The molecule has 2 aliphatic carbocycles. The van der Waals surface area contributed by atoms with E-state index in [1.165, 1.54) is 15.9 Å². The van der Waals surface area contributed by atoms with Gasteiger partial charge in [-0.2, -0.15) is 5.10 Å². The van der Waals surface area contributed by atoms with Gasteiger partial charge in [-0.05, 0) is 111 Å². The Morgan fingerprint density at radius 2 is 1.67 bits per heavy atom. The zero-order valence-corrected chi connectivity index (χ0v) is 32.7. The smallest absolute Gasteiger partial charge is 0.242 e. The van der Waals surface area contributed by atoms with E-state index in [0.29, 0.717) is 45.8 Å². The Morgan fingerprint density at radius 3 is 2.42 bits per heavy atom. The minimum atomic E-state index is -1.29. The predicted octanol–water partition coefficient (Wildman–Crippen LogP) is 8.46. The molecule has 3 aromatic carbocycles. The molecule has 0 bridgehead atoms. The molecule has 9 rings (SSSR count). The number of fused-ring (bicyclic) bond motifs is 5. The van der Waals surface area contributed by atoms with Gasteiger partial charge in [-0.3, -0.25) is 28.8 Å². The maximum atomic E-state index is 15.2. The number of hydrogen-bond acceptors (Lipinski definition) is 8. The van der Waals surface area contributed by atoms with Crippen molar-refractivity contribution in [1.82, 2.24) is 9.78 Å². The van der Waals surface area contributed by atoms with Crippen molar-refractivity contribution in [2.45, 2.75) is 39.5 Å². The highest BCUT2D eigenvalue weighted by Gasteiger charge is 2.68. The second-order valence-electron chi connectivity index (χ2n) is 15.0. The number of anilines is 2. The molecule has 2 aliphatic heterocycles. The lowest BCUT2D eigenvalue weighted by Crippen LogP contribution is -2.49. The van der Waals surface area contributed by atoms with Gasteiger partial charge >= 0.3 is 0 Å². The van der Waals surface area contributed by atoms with E-state index >= 15 is 4.79 Å². The van der Waals surface area contributed by atoms with Gasteiger partial charge in [0.05, 0.1) is 40.3 Å². The van der Waals surface area contributed by atoms with Gasteiger partial charge in [-0.1, -0.05) is 40.9 Å². The number of aromatic nitrogens is 2.